The highest BCUT2D eigenvalue weighted by molar-refractivity contribution is 5.90. The number of carbonyl (C=O) groups excluding carboxylic acids is 1. The highest BCUT2D eigenvalue weighted by Gasteiger charge is 2.29. The lowest BCUT2D eigenvalue weighted by atomic mass is 9.82. The molecule has 5 heteroatoms. The van der Waals surface area contributed by atoms with Gasteiger partial charge in [0.1, 0.15) is 6.73 Å². The van der Waals surface area contributed by atoms with Crippen molar-refractivity contribution in [3.63, 3.8) is 0 Å². The van der Waals surface area contributed by atoms with Crippen LogP contribution in [0, 0.1) is 5.92 Å². The van der Waals surface area contributed by atoms with E-state index in [1.165, 1.54) is 5.57 Å². The third-order valence-electron chi connectivity index (χ3n) is 3.88. The van der Waals surface area contributed by atoms with Crippen molar-refractivity contribution in [3.8, 4) is 0 Å². The number of fused-ring (bicyclic) bond motifs is 1. The molecule has 2 aliphatic rings. The van der Waals surface area contributed by atoms with Crippen LogP contribution in [0.4, 0.5) is 0 Å². The maximum Gasteiger partial charge on any atom is 0.244 e. The lowest BCUT2D eigenvalue weighted by Crippen LogP contribution is -2.44. The van der Waals surface area contributed by atoms with Crippen molar-refractivity contribution in [3.05, 3.63) is 35.6 Å². The van der Waals surface area contributed by atoms with E-state index in [2.05, 4.69) is 35.8 Å². The van der Waals surface area contributed by atoms with Crippen molar-refractivity contribution in [2.45, 2.75) is 58.6 Å². The number of hydrogen-bond acceptors (Lipinski definition) is 3. The van der Waals surface area contributed by atoms with Crippen LogP contribution in [-0.4, -0.2) is 29.8 Å². The maximum atomic E-state index is 11.9. The minimum absolute atomic E-state index is 0. The molecule has 0 fully saturated rings. The van der Waals surface area contributed by atoms with Crippen molar-refractivity contribution in [2.75, 3.05) is 6.73 Å². The molecule has 1 amide bonds. The van der Waals surface area contributed by atoms with Gasteiger partial charge < -0.3 is 20.8 Å². The largest absolute Gasteiger partial charge is 0.412 e. The van der Waals surface area contributed by atoms with Crippen LogP contribution in [0.5, 0.6) is 0 Å². The van der Waals surface area contributed by atoms with Gasteiger partial charge >= 0.3 is 0 Å². The number of unbranched alkanes of at least 4 members (excludes halogenated alkanes) is 1. The number of rotatable bonds is 6. The highest BCUT2D eigenvalue weighted by Crippen LogP contribution is 2.29. The molecule has 0 aromatic rings. The third kappa shape index (κ3) is 5.84. The zero-order valence-electron chi connectivity index (χ0n) is 14.6. The lowest BCUT2D eigenvalue weighted by molar-refractivity contribution is -0.117. The predicted octanol–water partition coefficient (Wildman–Crippen LogP) is 2.70. The summed E-state index contributed by atoms with van der Waals surface area (Å²) in [5.41, 5.74) is 2.08. The number of allylic oxidation sites excluding steroid dienone is 1. The number of carbonyl (C=O) groups is 1. The molecule has 2 atom stereocenters. The molecule has 1 aliphatic heterocycles. The van der Waals surface area contributed by atoms with Gasteiger partial charge in [-0.25, -0.2) is 0 Å². The van der Waals surface area contributed by atoms with Gasteiger partial charge in [-0.3, -0.25) is 4.79 Å². The molecule has 0 saturated heterocycles. The molecule has 0 aromatic carbocycles. The quantitative estimate of drug-likeness (QED) is 0.736. The highest BCUT2D eigenvalue weighted by atomic mass is 16.5. The molecule has 0 spiro atoms. The molecule has 2 unspecified atom stereocenters. The fourth-order valence-corrected chi connectivity index (χ4v) is 2.71. The second kappa shape index (κ2) is 8.31. The summed E-state index contributed by atoms with van der Waals surface area (Å²) in [7, 11) is 0. The molecule has 0 aromatic heterocycles. The van der Waals surface area contributed by atoms with Gasteiger partial charge in [0.2, 0.25) is 5.91 Å². The van der Waals surface area contributed by atoms with Crippen LogP contribution in [0.15, 0.2) is 35.6 Å². The molecule has 0 saturated carbocycles. The molecular weight excluding hydrogens is 292 g/mol. The van der Waals surface area contributed by atoms with E-state index in [1.54, 1.807) is 6.08 Å². The van der Waals surface area contributed by atoms with Gasteiger partial charge in [-0.2, -0.15) is 0 Å². The Kier molecular flexibility index (Phi) is 7.03. The van der Waals surface area contributed by atoms with Crippen molar-refractivity contribution < 1.29 is 17.9 Å². The van der Waals surface area contributed by atoms with E-state index in [4.69, 9.17) is 4.74 Å². The standard InChI is InChI=1S/C18H28N2O2.H2O.2H2/c1-5-6-7-13-10-17(21)20-16-11-14(8-9-15(13)16)19-12-22-18(2,3)4;;;/h8-11,15-16,19H,5-7,12H2,1-4H3,(H,20,21);1H2;2*1H. The molecule has 134 valence electrons. The van der Waals surface area contributed by atoms with E-state index in [1.807, 2.05) is 20.8 Å². The van der Waals surface area contributed by atoms with Crippen LogP contribution >= 0.6 is 0 Å². The summed E-state index contributed by atoms with van der Waals surface area (Å²) in [6.07, 6.45) is 11.4. The van der Waals surface area contributed by atoms with Gasteiger partial charge in [-0.15, -0.1) is 0 Å². The van der Waals surface area contributed by atoms with E-state index >= 15 is 0 Å². The van der Waals surface area contributed by atoms with Crippen LogP contribution in [-0.2, 0) is 9.53 Å². The van der Waals surface area contributed by atoms with E-state index in [0.717, 1.165) is 25.0 Å². The van der Waals surface area contributed by atoms with Gasteiger partial charge in [-0.1, -0.05) is 25.0 Å². The molecule has 2 rings (SSSR count). The van der Waals surface area contributed by atoms with Gasteiger partial charge in [0.25, 0.3) is 0 Å². The summed E-state index contributed by atoms with van der Waals surface area (Å²) in [5.74, 6) is 0.308. The number of hydrogen-bond donors (Lipinski definition) is 2. The Morgan fingerprint density at radius 2 is 2.13 bits per heavy atom. The smallest absolute Gasteiger partial charge is 0.244 e. The summed E-state index contributed by atoms with van der Waals surface area (Å²) >= 11 is 0. The summed E-state index contributed by atoms with van der Waals surface area (Å²) in [4.78, 5) is 11.9. The van der Waals surface area contributed by atoms with Crippen molar-refractivity contribution in [1.82, 2.24) is 10.6 Å². The predicted molar refractivity (Wildman–Crippen MR) is 96.9 cm³/mol. The molecule has 0 bridgehead atoms. The summed E-state index contributed by atoms with van der Waals surface area (Å²) in [6, 6.07) is 0.0477. The molecule has 4 N–H and O–H groups in total. The zero-order valence-corrected chi connectivity index (χ0v) is 14.6. The third-order valence-corrected chi connectivity index (χ3v) is 3.88. The van der Waals surface area contributed by atoms with E-state index < -0.39 is 0 Å². The Bertz CT molecular complexity index is 511. The summed E-state index contributed by atoms with van der Waals surface area (Å²) in [5, 5.41) is 6.30. The molecule has 5 nitrogen and oxygen atoms in total. The fourth-order valence-electron chi connectivity index (χ4n) is 2.71. The molecule has 0 radical (unpaired) electrons. The Hall–Kier alpha value is -1.59. The number of ether oxygens (including phenoxy) is 1. The summed E-state index contributed by atoms with van der Waals surface area (Å²) < 4.78 is 5.68. The first kappa shape index (κ1) is 19.5. The average Bonchev–Trinajstić information content (AvgIpc) is 2.42. The van der Waals surface area contributed by atoms with Crippen molar-refractivity contribution in [2.24, 2.45) is 5.92 Å². The van der Waals surface area contributed by atoms with Crippen molar-refractivity contribution in [1.29, 1.82) is 0 Å². The molecule has 1 aliphatic carbocycles. The Morgan fingerprint density at radius 3 is 2.78 bits per heavy atom. The van der Waals surface area contributed by atoms with Crippen LogP contribution in [0.2, 0.25) is 0 Å². The van der Waals surface area contributed by atoms with Crippen molar-refractivity contribution >= 4 is 5.91 Å². The first-order valence-electron chi connectivity index (χ1n) is 8.18. The van der Waals surface area contributed by atoms with Crippen LogP contribution in [0.3, 0.4) is 0 Å². The minimum Gasteiger partial charge on any atom is -0.412 e. The first-order valence-corrected chi connectivity index (χ1v) is 8.18. The van der Waals surface area contributed by atoms with Crippen LogP contribution in [0.1, 0.15) is 49.8 Å². The second-order valence-electron chi connectivity index (χ2n) is 6.94. The molecule has 1 heterocycles. The Labute approximate surface area is 142 Å². The molecule has 23 heavy (non-hydrogen) atoms. The van der Waals surface area contributed by atoms with Gasteiger partial charge in [0.15, 0.2) is 0 Å². The topological polar surface area (TPSA) is 81.9 Å². The monoisotopic (exact) mass is 326 g/mol. The fraction of sp³-hybridized carbons (Fsp3) is 0.611. The van der Waals surface area contributed by atoms with Gasteiger partial charge in [-0.05, 0) is 45.8 Å². The minimum atomic E-state index is -0.163. The average molecular weight is 326 g/mol. The Balaban J connectivity index is 0. The Morgan fingerprint density at radius 1 is 1.39 bits per heavy atom. The van der Waals surface area contributed by atoms with Gasteiger partial charge in [0, 0.05) is 20.5 Å². The first-order chi connectivity index (χ1) is 10.4. The summed E-state index contributed by atoms with van der Waals surface area (Å²) in [6.45, 7) is 8.73. The van der Waals surface area contributed by atoms with Gasteiger partial charge in [0.05, 0.1) is 11.6 Å². The number of amides is 1. The second-order valence-corrected chi connectivity index (χ2v) is 6.94. The molecular formula is C18H34N2O3. The lowest BCUT2D eigenvalue weighted by Gasteiger charge is -2.32. The van der Waals surface area contributed by atoms with Crippen LogP contribution < -0.4 is 10.6 Å². The maximum absolute atomic E-state index is 11.9. The SMILES string of the molecule is CCCCC1=CC(=O)NC2C=C(NCOC(C)(C)C)C=CC12.O.[HH].[HH]. The normalized spacial score (nSPS) is 23.2. The van der Waals surface area contributed by atoms with Crippen LogP contribution in [0.25, 0.3) is 0 Å². The van der Waals surface area contributed by atoms with E-state index in [9.17, 15) is 4.79 Å². The number of nitrogens with one attached hydrogen (secondary N) is 2. The van der Waals surface area contributed by atoms with E-state index in [0.29, 0.717) is 12.6 Å². The van der Waals surface area contributed by atoms with E-state index in [-0.39, 0.29) is 25.9 Å². The zero-order chi connectivity index (χ0) is 16.2.